The lowest BCUT2D eigenvalue weighted by molar-refractivity contribution is -0.385. The van der Waals surface area contributed by atoms with Crippen molar-refractivity contribution in [2.75, 3.05) is 13.2 Å². The number of aliphatic hydroxyl groups is 1. The maximum atomic E-state index is 12.3. The van der Waals surface area contributed by atoms with Gasteiger partial charge in [-0.1, -0.05) is 11.6 Å². The van der Waals surface area contributed by atoms with Gasteiger partial charge in [-0.05, 0) is 18.9 Å². The summed E-state index contributed by atoms with van der Waals surface area (Å²) in [6.45, 7) is 0.319. The van der Waals surface area contributed by atoms with Crippen LogP contribution in [0, 0.1) is 10.1 Å². The van der Waals surface area contributed by atoms with Gasteiger partial charge >= 0.3 is 0 Å². The van der Waals surface area contributed by atoms with E-state index in [1.165, 1.54) is 11.0 Å². The van der Waals surface area contributed by atoms with Crippen molar-refractivity contribution in [2.24, 2.45) is 0 Å². The highest BCUT2D eigenvalue weighted by atomic mass is 35.5. The second-order valence-corrected chi connectivity index (χ2v) is 4.65. The smallest absolute Gasteiger partial charge is 0.300 e. The summed E-state index contributed by atoms with van der Waals surface area (Å²) < 4.78 is 0. The summed E-state index contributed by atoms with van der Waals surface area (Å²) in [5, 5.41) is 20.1. The fraction of sp³-hybridized carbons (Fsp3) is 0.455. The van der Waals surface area contributed by atoms with Crippen molar-refractivity contribution in [2.45, 2.75) is 18.9 Å². The standard InChI is InChI=1S/C11H12ClN3O4/c12-10-4-8(9(5-13-10)15(18)19)11(17)14-3-1-2-7(14)6-16/h4-5,7,16H,1-3,6H2. The predicted octanol–water partition coefficient (Wildman–Crippen LogP) is 1.24. The molecule has 1 atom stereocenters. The molecule has 1 amide bonds. The molecule has 1 unspecified atom stereocenters. The van der Waals surface area contributed by atoms with E-state index in [0.717, 1.165) is 12.6 Å². The Bertz CT molecular complexity index is 523. The Morgan fingerprint density at radius 3 is 3.05 bits per heavy atom. The van der Waals surface area contributed by atoms with Gasteiger partial charge in [-0.15, -0.1) is 0 Å². The maximum absolute atomic E-state index is 12.3. The zero-order valence-corrected chi connectivity index (χ0v) is 10.7. The van der Waals surface area contributed by atoms with E-state index in [1.807, 2.05) is 0 Å². The van der Waals surface area contributed by atoms with Gasteiger partial charge in [0.05, 0.1) is 17.6 Å². The van der Waals surface area contributed by atoms with Crippen molar-refractivity contribution in [3.05, 3.63) is 33.1 Å². The first kappa shape index (κ1) is 13.7. The number of halogens is 1. The summed E-state index contributed by atoms with van der Waals surface area (Å²) in [7, 11) is 0. The summed E-state index contributed by atoms with van der Waals surface area (Å²) >= 11 is 5.69. The average molecular weight is 286 g/mol. The lowest BCUT2D eigenvalue weighted by Gasteiger charge is -2.22. The number of carbonyl (C=O) groups excluding carboxylic acids is 1. The number of aromatic nitrogens is 1. The number of pyridine rings is 1. The van der Waals surface area contributed by atoms with Gasteiger partial charge in [-0.25, -0.2) is 4.98 Å². The van der Waals surface area contributed by atoms with Crippen LogP contribution in [-0.4, -0.2) is 45.0 Å². The van der Waals surface area contributed by atoms with Crippen LogP contribution in [0.1, 0.15) is 23.2 Å². The zero-order valence-electron chi connectivity index (χ0n) is 9.95. The molecule has 7 nitrogen and oxygen atoms in total. The number of likely N-dealkylation sites (tertiary alicyclic amines) is 1. The lowest BCUT2D eigenvalue weighted by Crippen LogP contribution is -2.37. The highest BCUT2D eigenvalue weighted by Crippen LogP contribution is 2.26. The van der Waals surface area contributed by atoms with Crippen LogP contribution in [0.5, 0.6) is 0 Å². The van der Waals surface area contributed by atoms with Crippen molar-refractivity contribution < 1.29 is 14.8 Å². The van der Waals surface area contributed by atoms with Gasteiger partial charge in [0.1, 0.15) is 16.9 Å². The molecule has 0 aliphatic carbocycles. The summed E-state index contributed by atoms with van der Waals surface area (Å²) in [4.78, 5) is 27.6. The molecule has 2 rings (SSSR count). The molecule has 1 fully saturated rings. The Kier molecular flexibility index (Phi) is 3.96. The van der Waals surface area contributed by atoms with E-state index in [-0.39, 0.29) is 29.1 Å². The Hall–Kier alpha value is -1.73. The monoisotopic (exact) mass is 285 g/mol. The van der Waals surface area contributed by atoms with Crippen LogP contribution in [0.4, 0.5) is 5.69 Å². The Labute approximate surface area is 114 Å². The normalized spacial score (nSPS) is 18.6. The summed E-state index contributed by atoms with van der Waals surface area (Å²) in [6.07, 6.45) is 2.43. The molecule has 1 N–H and O–H groups in total. The molecule has 0 bridgehead atoms. The van der Waals surface area contributed by atoms with Crippen molar-refractivity contribution >= 4 is 23.2 Å². The maximum Gasteiger partial charge on any atom is 0.300 e. The number of carbonyl (C=O) groups is 1. The van der Waals surface area contributed by atoms with Gasteiger partial charge in [0, 0.05) is 6.54 Å². The third-order valence-corrected chi connectivity index (χ3v) is 3.33. The largest absolute Gasteiger partial charge is 0.394 e. The molecule has 1 aliphatic rings. The Morgan fingerprint density at radius 1 is 1.68 bits per heavy atom. The van der Waals surface area contributed by atoms with E-state index in [1.54, 1.807) is 0 Å². The first-order valence-corrected chi connectivity index (χ1v) is 6.14. The molecule has 0 radical (unpaired) electrons. The summed E-state index contributed by atoms with van der Waals surface area (Å²) in [5.41, 5.74) is -0.469. The minimum atomic E-state index is -0.666. The number of hydrogen-bond donors (Lipinski definition) is 1. The van der Waals surface area contributed by atoms with Gasteiger partial charge in [-0.3, -0.25) is 14.9 Å². The van der Waals surface area contributed by atoms with Gasteiger partial charge < -0.3 is 10.0 Å². The Balaban J connectivity index is 2.37. The van der Waals surface area contributed by atoms with E-state index in [4.69, 9.17) is 11.6 Å². The number of hydrogen-bond acceptors (Lipinski definition) is 5. The molecule has 19 heavy (non-hydrogen) atoms. The van der Waals surface area contributed by atoms with E-state index < -0.39 is 10.8 Å². The molecule has 1 aromatic rings. The van der Waals surface area contributed by atoms with Crippen molar-refractivity contribution in [3.63, 3.8) is 0 Å². The molecular formula is C11H12ClN3O4. The highest BCUT2D eigenvalue weighted by Gasteiger charge is 2.32. The minimum absolute atomic E-state index is 0.0219. The topological polar surface area (TPSA) is 96.6 Å². The van der Waals surface area contributed by atoms with Crippen LogP contribution in [0.25, 0.3) is 0 Å². The van der Waals surface area contributed by atoms with Gasteiger partial charge in [-0.2, -0.15) is 0 Å². The summed E-state index contributed by atoms with van der Waals surface area (Å²) in [5.74, 6) is -0.493. The molecule has 0 spiro atoms. The first-order valence-electron chi connectivity index (χ1n) is 5.76. The van der Waals surface area contributed by atoms with Crippen LogP contribution in [-0.2, 0) is 0 Å². The van der Waals surface area contributed by atoms with E-state index in [9.17, 15) is 20.0 Å². The molecule has 102 valence electrons. The van der Waals surface area contributed by atoms with Crippen LogP contribution in [0.3, 0.4) is 0 Å². The number of nitro groups is 1. The van der Waals surface area contributed by atoms with Crippen molar-refractivity contribution in [1.82, 2.24) is 9.88 Å². The average Bonchev–Trinajstić information content (AvgIpc) is 2.85. The number of amides is 1. The molecule has 1 aromatic heterocycles. The fourth-order valence-corrected chi connectivity index (χ4v) is 2.34. The highest BCUT2D eigenvalue weighted by molar-refractivity contribution is 6.29. The number of aliphatic hydroxyl groups excluding tert-OH is 1. The van der Waals surface area contributed by atoms with Gasteiger partial charge in [0.25, 0.3) is 11.6 Å². The molecule has 0 saturated carbocycles. The van der Waals surface area contributed by atoms with Crippen LogP contribution in [0.15, 0.2) is 12.3 Å². The van der Waals surface area contributed by atoms with Gasteiger partial charge in [0.2, 0.25) is 0 Å². The molecule has 1 aliphatic heterocycles. The summed E-state index contributed by atoms with van der Waals surface area (Å²) in [6, 6.07) is 0.897. The second kappa shape index (κ2) is 5.50. The van der Waals surface area contributed by atoms with Crippen LogP contribution >= 0.6 is 11.6 Å². The third kappa shape index (κ3) is 2.66. The Morgan fingerprint density at radius 2 is 2.42 bits per heavy atom. The van der Waals surface area contributed by atoms with Crippen LogP contribution < -0.4 is 0 Å². The third-order valence-electron chi connectivity index (χ3n) is 3.13. The van der Waals surface area contributed by atoms with Gasteiger partial charge in [0.15, 0.2) is 0 Å². The van der Waals surface area contributed by atoms with E-state index in [0.29, 0.717) is 13.0 Å². The van der Waals surface area contributed by atoms with Crippen molar-refractivity contribution in [3.8, 4) is 0 Å². The predicted molar refractivity (Wildman–Crippen MR) is 67.0 cm³/mol. The molecule has 8 heteroatoms. The minimum Gasteiger partial charge on any atom is -0.394 e. The van der Waals surface area contributed by atoms with E-state index >= 15 is 0 Å². The molecule has 1 saturated heterocycles. The first-order chi connectivity index (χ1) is 9.04. The van der Waals surface area contributed by atoms with Crippen LogP contribution in [0.2, 0.25) is 5.15 Å². The molecule has 2 heterocycles. The second-order valence-electron chi connectivity index (χ2n) is 4.26. The SMILES string of the molecule is O=C(c1cc(Cl)ncc1[N+](=O)[O-])N1CCCC1CO. The zero-order chi connectivity index (χ0) is 14.0. The quantitative estimate of drug-likeness (QED) is 0.512. The molecular weight excluding hydrogens is 274 g/mol. The number of nitrogens with zero attached hydrogens (tertiary/aromatic N) is 3. The fourth-order valence-electron chi connectivity index (χ4n) is 2.19. The van der Waals surface area contributed by atoms with E-state index in [2.05, 4.69) is 4.98 Å². The lowest BCUT2D eigenvalue weighted by atomic mass is 10.2. The number of rotatable bonds is 3. The molecule has 0 aromatic carbocycles. The van der Waals surface area contributed by atoms with Crippen molar-refractivity contribution in [1.29, 1.82) is 0 Å².